The van der Waals surface area contributed by atoms with E-state index in [1.807, 2.05) is 4.90 Å². The van der Waals surface area contributed by atoms with Crippen molar-refractivity contribution in [1.82, 2.24) is 9.80 Å². The minimum absolute atomic E-state index is 0.0666. The molecular weight excluding hydrogens is 220 g/mol. The molecule has 1 atom stereocenters. The van der Waals surface area contributed by atoms with E-state index in [9.17, 15) is 9.59 Å². The summed E-state index contributed by atoms with van der Waals surface area (Å²) in [7, 11) is 1.74. The van der Waals surface area contributed by atoms with Crippen LogP contribution in [0.2, 0.25) is 0 Å². The number of amides is 1. The van der Waals surface area contributed by atoms with Crippen molar-refractivity contribution in [2.75, 3.05) is 26.7 Å². The number of aliphatic carboxylic acids is 1. The van der Waals surface area contributed by atoms with E-state index in [1.165, 1.54) is 0 Å². The second-order valence-corrected chi connectivity index (χ2v) is 5.12. The van der Waals surface area contributed by atoms with Gasteiger partial charge in [0.25, 0.3) is 0 Å². The summed E-state index contributed by atoms with van der Waals surface area (Å²) in [5, 5.41) is 9.17. The van der Waals surface area contributed by atoms with Crippen LogP contribution in [-0.4, -0.2) is 59.5 Å². The third kappa shape index (κ3) is 2.97. The van der Waals surface area contributed by atoms with Crippen molar-refractivity contribution in [3.63, 3.8) is 0 Å². The summed E-state index contributed by atoms with van der Waals surface area (Å²) in [6, 6.07) is -0.485. The number of hydrogen-bond acceptors (Lipinski definition) is 3. The van der Waals surface area contributed by atoms with E-state index in [4.69, 9.17) is 5.11 Å². The molecule has 1 aliphatic heterocycles. The predicted octanol–water partition coefficient (Wildman–Crippen LogP) is 0.404. The molecule has 1 aliphatic carbocycles. The van der Waals surface area contributed by atoms with Crippen LogP contribution in [0.3, 0.4) is 0 Å². The zero-order chi connectivity index (χ0) is 12.4. The molecule has 1 N–H and O–H groups in total. The number of carbonyl (C=O) groups is 2. The summed E-state index contributed by atoms with van der Waals surface area (Å²) < 4.78 is 0. The minimum atomic E-state index is -0.802. The molecule has 1 unspecified atom stereocenters. The van der Waals surface area contributed by atoms with Crippen molar-refractivity contribution in [2.24, 2.45) is 5.92 Å². The molecule has 1 amide bonds. The second kappa shape index (κ2) is 5.04. The topological polar surface area (TPSA) is 60.9 Å². The number of likely N-dealkylation sites (N-methyl/N-ethyl adjacent to an activating group) is 1. The van der Waals surface area contributed by atoms with E-state index in [-0.39, 0.29) is 18.4 Å². The van der Waals surface area contributed by atoms with Gasteiger partial charge >= 0.3 is 5.97 Å². The van der Waals surface area contributed by atoms with E-state index in [2.05, 4.69) is 0 Å². The molecule has 0 aromatic carbocycles. The van der Waals surface area contributed by atoms with Crippen LogP contribution in [0.1, 0.15) is 25.7 Å². The summed E-state index contributed by atoms with van der Waals surface area (Å²) in [5.41, 5.74) is 0. The molecule has 0 aromatic rings. The Hall–Kier alpha value is -1.10. The standard InChI is InChI=1S/C12H20N2O3/c1-13(11(12(16)17)9-4-5-9)8-10(15)14-6-2-3-7-14/h9,11H,2-8H2,1H3,(H,16,17). The molecule has 17 heavy (non-hydrogen) atoms. The minimum Gasteiger partial charge on any atom is -0.480 e. The summed E-state index contributed by atoms with van der Waals surface area (Å²) in [4.78, 5) is 26.6. The summed E-state index contributed by atoms with van der Waals surface area (Å²) in [6.07, 6.45) is 4.08. The monoisotopic (exact) mass is 240 g/mol. The van der Waals surface area contributed by atoms with E-state index >= 15 is 0 Å². The number of carboxylic acid groups (broad SMARTS) is 1. The van der Waals surface area contributed by atoms with Crippen LogP contribution in [0.5, 0.6) is 0 Å². The zero-order valence-corrected chi connectivity index (χ0v) is 10.3. The van der Waals surface area contributed by atoms with Crippen molar-refractivity contribution in [3.05, 3.63) is 0 Å². The summed E-state index contributed by atoms with van der Waals surface area (Å²) in [5.74, 6) is -0.495. The molecule has 0 spiro atoms. The van der Waals surface area contributed by atoms with E-state index in [0.29, 0.717) is 0 Å². The van der Waals surface area contributed by atoms with Crippen LogP contribution in [0.4, 0.5) is 0 Å². The lowest BCUT2D eigenvalue weighted by atomic mass is 10.1. The van der Waals surface area contributed by atoms with Crippen LogP contribution < -0.4 is 0 Å². The second-order valence-electron chi connectivity index (χ2n) is 5.12. The van der Waals surface area contributed by atoms with Crippen LogP contribution in [0.15, 0.2) is 0 Å². The number of carbonyl (C=O) groups excluding carboxylic acids is 1. The van der Waals surface area contributed by atoms with Gasteiger partial charge in [0.2, 0.25) is 5.91 Å². The Morgan fingerprint density at radius 2 is 1.94 bits per heavy atom. The first-order valence-corrected chi connectivity index (χ1v) is 6.30. The van der Waals surface area contributed by atoms with E-state index in [0.717, 1.165) is 38.8 Å². The van der Waals surface area contributed by atoms with Gasteiger partial charge in [-0.25, -0.2) is 0 Å². The Bertz CT molecular complexity index is 309. The van der Waals surface area contributed by atoms with Crippen LogP contribution in [0.25, 0.3) is 0 Å². The lowest BCUT2D eigenvalue weighted by Crippen LogP contribution is -2.46. The lowest BCUT2D eigenvalue weighted by Gasteiger charge is -2.26. The maximum absolute atomic E-state index is 11.9. The SMILES string of the molecule is CN(CC(=O)N1CCCC1)C(C(=O)O)C1CC1. The maximum Gasteiger partial charge on any atom is 0.321 e. The number of rotatable bonds is 5. The van der Waals surface area contributed by atoms with Gasteiger partial charge in [-0.15, -0.1) is 0 Å². The van der Waals surface area contributed by atoms with Crippen molar-refractivity contribution in [3.8, 4) is 0 Å². The van der Waals surface area contributed by atoms with Crippen LogP contribution >= 0.6 is 0 Å². The van der Waals surface area contributed by atoms with Gasteiger partial charge in [-0.1, -0.05) is 0 Å². The van der Waals surface area contributed by atoms with Crippen LogP contribution in [-0.2, 0) is 9.59 Å². The average molecular weight is 240 g/mol. The van der Waals surface area contributed by atoms with E-state index in [1.54, 1.807) is 11.9 Å². The highest BCUT2D eigenvalue weighted by Gasteiger charge is 2.39. The molecule has 2 rings (SSSR count). The Morgan fingerprint density at radius 1 is 1.35 bits per heavy atom. The fraction of sp³-hybridized carbons (Fsp3) is 0.833. The van der Waals surface area contributed by atoms with Crippen molar-refractivity contribution >= 4 is 11.9 Å². The Morgan fingerprint density at radius 3 is 2.41 bits per heavy atom. The molecular formula is C12H20N2O3. The molecule has 1 saturated heterocycles. The molecule has 1 heterocycles. The van der Waals surface area contributed by atoms with Gasteiger partial charge < -0.3 is 10.0 Å². The van der Waals surface area contributed by atoms with Gasteiger partial charge in [0.15, 0.2) is 0 Å². The van der Waals surface area contributed by atoms with Gasteiger partial charge in [0.05, 0.1) is 6.54 Å². The third-order valence-electron chi connectivity index (χ3n) is 3.64. The highest BCUT2D eigenvalue weighted by atomic mass is 16.4. The quantitative estimate of drug-likeness (QED) is 0.756. The summed E-state index contributed by atoms with van der Waals surface area (Å²) >= 11 is 0. The molecule has 5 nitrogen and oxygen atoms in total. The Labute approximate surface area is 101 Å². The molecule has 0 radical (unpaired) electrons. The fourth-order valence-corrected chi connectivity index (χ4v) is 2.54. The molecule has 1 saturated carbocycles. The molecule has 2 fully saturated rings. The number of hydrogen-bond donors (Lipinski definition) is 1. The largest absolute Gasteiger partial charge is 0.480 e. The maximum atomic E-state index is 11.9. The predicted molar refractivity (Wildman–Crippen MR) is 62.6 cm³/mol. The highest BCUT2D eigenvalue weighted by Crippen LogP contribution is 2.35. The average Bonchev–Trinajstić information content (AvgIpc) is 2.92. The van der Waals surface area contributed by atoms with Gasteiger partial charge in [0, 0.05) is 13.1 Å². The van der Waals surface area contributed by atoms with E-state index < -0.39 is 12.0 Å². The zero-order valence-electron chi connectivity index (χ0n) is 10.3. The third-order valence-corrected chi connectivity index (χ3v) is 3.64. The van der Waals surface area contributed by atoms with Crippen LogP contribution in [0, 0.1) is 5.92 Å². The Balaban J connectivity index is 1.87. The van der Waals surface area contributed by atoms with Crippen molar-refractivity contribution in [1.29, 1.82) is 0 Å². The number of nitrogens with zero attached hydrogens (tertiary/aromatic N) is 2. The molecule has 2 aliphatic rings. The first-order valence-electron chi connectivity index (χ1n) is 6.30. The Kier molecular flexibility index (Phi) is 3.66. The molecule has 0 aromatic heterocycles. The number of likely N-dealkylation sites (tertiary alicyclic amines) is 1. The first-order chi connectivity index (χ1) is 8.09. The summed E-state index contributed by atoms with van der Waals surface area (Å²) in [6.45, 7) is 1.88. The normalized spacial score (nSPS) is 21.9. The van der Waals surface area contributed by atoms with Gasteiger partial charge in [-0.05, 0) is 38.6 Å². The number of carboxylic acids is 1. The van der Waals surface area contributed by atoms with Crippen molar-refractivity contribution in [2.45, 2.75) is 31.7 Å². The molecule has 96 valence electrons. The fourth-order valence-electron chi connectivity index (χ4n) is 2.54. The van der Waals surface area contributed by atoms with Crippen molar-refractivity contribution < 1.29 is 14.7 Å². The van der Waals surface area contributed by atoms with Gasteiger partial charge in [-0.3, -0.25) is 14.5 Å². The lowest BCUT2D eigenvalue weighted by molar-refractivity contribution is -0.144. The van der Waals surface area contributed by atoms with Gasteiger partial charge in [0.1, 0.15) is 6.04 Å². The molecule has 0 bridgehead atoms. The first kappa shape index (κ1) is 12.4. The highest BCUT2D eigenvalue weighted by molar-refractivity contribution is 5.80. The molecule has 5 heteroatoms. The van der Waals surface area contributed by atoms with Gasteiger partial charge in [-0.2, -0.15) is 0 Å². The smallest absolute Gasteiger partial charge is 0.321 e.